The molecule has 0 aromatic heterocycles. The average Bonchev–Trinajstić information content (AvgIpc) is 2.46. The van der Waals surface area contributed by atoms with E-state index in [2.05, 4.69) is 24.3 Å². The van der Waals surface area contributed by atoms with E-state index in [1.807, 2.05) is 0 Å². The third-order valence-electron chi connectivity index (χ3n) is 3.48. The lowest BCUT2D eigenvalue weighted by Crippen LogP contribution is -2.02. The highest BCUT2D eigenvalue weighted by atomic mass is 16.5. The second-order valence-corrected chi connectivity index (χ2v) is 5.68. The van der Waals surface area contributed by atoms with Crippen molar-refractivity contribution in [2.75, 3.05) is 0 Å². The summed E-state index contributed by atoms with van der Waals surface area (Å²) in [5, 5.41) is 25.9. The van der Waals surface area contributed by atoms with Crippen LogP contribution in [0.15, 0.2) is 24.3 Å². The van der Waals surface area contributed by atoms with Crippen LogP contribution < -0.4 is 0 Å². The minimum absolute atomic E-state index is 0.297. The SMILES string of the molecule is O=C(O)CCCCCCCC=CC=CCCCCCC(O)O. The van der Waals surface area contributed by atoms with Crippen molar-refractivity contribution < 1.29 is 20.1 Å². The fourth-order valence-corrected chi connectivity index (χ4v) is 2.18. The number of aliphatic hydroxyl groups is 2. The highest BCUT2D eigenvalue weighted by molar-refractivity contribution is 5.66. The van der Waals surface area contributed by atoms with Gasteiger partial charge in [-0.1, -0.05) is 50.0 Å². The predicted molar refractivity (Wildman–Crippen MR) is 89.5 cm³/mol. The molecule has 0 spiro atoms. The molecule has 0 bridgehead atoms. The maximum Gasteiger partial charge on any atom is 0.303 e. The van der Waals surface area contributed by atoms with Gasteiger partial charge in [0.15, 0.2) is 6.29 Å². The van der Waals surface area contributed by atoms with Gasteiger partial charge in [0.1, 0.15) is 0 Å². The van der Waals surface area contributed by atoms with E-state index < -0.39 is 12.3 Å². The summed E-state index contributed by atoms with van der Waals surface area (Å²) in [6, 6.07) is 0. The Balaban J connectivity index is 3.22. The van der Waals surface area contributed by atoms with E-state index in [-0.39, 0.29) is 0 Å². The Labute approximate surface area is 134 Å². The van der Waals surface area contributed by atoms with E-state index >= 15 is 0 Å². The van der Waals surface area contributed by atoms with Crippen molar-refractivity contribution in [1.29, 1.82) is 0 Å². The van der Waals surface area contributed by atoms with Gasteiger partial charge in [-0.25, -0.2) is 0 Å². The van der Waals surface area contributed by atoms with Crippen LogP contribution in [0, 0.1) is 0 Å². The molecule has 3 N–H and O–H groups in total. The molecule has 22 heavy (non-hydrogen) atoms. The van der Waals surface area contributed by atoms with E-state index in [1.54, 1.807) is 0 Å². The van der Waals surface area contributed by atoms with Crippen molar-refractivity contribution >= 4 is 5.97 Å². The molecule has 0 aliphatic rings. The van der Waals surface area contributed by atoms with Crippen LogP contribution in [0.3, 0.4) is 0 Å². The molecule has 4 nitrogen and oxygen atoms in total. The largest absolute Gasteiger partial charge is 0.481 e. The summed E-state index contributed by atoms with van der Waals surface area (Å²) < 4.78 is 0. The van der Waals surface area contributed by atoms with Crippen LogP contribution in [0.2, 0.25) is 0 Å². The van der Waals surface area contributed by atoms with Crippen LogP contribution in [-0.2, 0) is 4.79 Å². The Kier molecular flexibility index (Phi) is 15.4. The van der Waals surface area contributed by atoms with Crippen LogP contribution in [0.1, 0.15) is 77.0 Å². The quantitative estimate of drug-likeness (QED) is 0.241. The normalized spacial score (nSPS) is 12.0. The number of hydrogen-bond acceptors (Lipinski definition) is 3. The van der Waals surface area contributed by atoms with Crippen LogP contribution >= 0.6 is 0 Å². The molecule has 0 saturated heterocycles. The average molecular weight is 312 g/mol. The van der Waals surface area contributed by atoms with Crippen LogP contribution in [0.5, 0.6) is 0 Å². The summed E-state index contributed by atoms with van der Waals surface area (Å²) in [6.07, 6.45) is 18.5. The highest BCUT2D eigenvalue weighted by Crippen LogP contribution is 2.08. The molecule has 0 atom stereocenters. The Hall–Kier alpha value is -1.13. The molecule has 4 heteroatoms. The number of aliphatic carboxylic acids is 1. The van der Waals surface area contributed by atoms with E-state index in [1.165, 1.54) is 12.8 Å². The van der Waals surface area contributed by atoms with E-state index in [0.29, 0.717) is 12.8 Å². The monoisotopic (exact) mass is 312 g/mol. The maximum atomic E-state index is 10.3. The highest BCUT2D eigenvalue weighted by Gasteiger charge is 1.96. The van der Waals surface area contributed by atoms with Gasteiger partial charge in [0.25, 0.3) is 0 Å². The number of carbonyl (C=O) groups is 1. The molecule has 0 aliphatic heterocycles. The fourth-order valence-electron chi connectivity index (χ4n) is 2.18. The smallest absolute Gasteiger partial charge is 0.303 e. The molecule has 0 aromatic rings. The van der Waals surface area contributed by atoms with Gasteiger partial charge in [-0.05, 0) is 44.9 Å². The van der Waals surface area contributed by atoms with Crippen molar-refractivity contribution in [1.82, 2.24) is 0 Å². The zero-order valence-electron chi connectivity index (χ0n) is 13.6. The second-order valence-electron chi connectivity index (χ2n) is 5.68. The molecule has 128 valence electrons. The van der Waals surface area contributed by atoms with Gasteiger partial charge in [-0.15, -0.1) is 0 Å². The molecule has 0 heterocycles. The number of aliphatic hydroxyl groups excluding tert-OH is 1. The number of unbranched alkanes of at least 4 members (excludes halogenated alkanes) is 8. The van der Waals surface area contributed by atoms with Gasteiger partial charge in [0.2, 0.25) is 0 Å². The molecule has 0 amide bonds. The standard InChI is InChI=1S/C18H32O4/c19-17(20)15-13-11-9-7-5-3-1-2-4-6-8-10-12-14-16-18(21)22/h1-3,5,17,19-20H,4,6-16H2,(H,21,22). The maximum absolute atomic E-state index is 10.3. The van der Waals surface area contributed by atoms with Crippen molar-refractivity contribution in [3.05, 3.63) is 24.3 Å². The first-order valence-corrected chi connectivity index (χ1v) is 8.52. The van der Waals surface area contributed by atoms with Gasteiger partial charge >= 0.3 is 5.97 Å². The first-order chi connectivity index (χ1) is 10.6. The van der Waals surface area contributed by atoms with Crippen molar-refractivity contribution in [3.8, 4) is 0 Å². The molecule has 0 radical (unpaired) electrons. The fraction of sp³-hybridized carbons (Fsp3) is 0.722. The Morgan fingerprint density at radius 2 is 1.27 bits per heavy atom. The second kappa shape index (κ2) is 16.2. The summed E-state index contributed by atoms with van der Waals surface area (Å²) >= 11 is 0. The Morgan fingerprint density at radius 1 is 0.773 bits per heavy atom. The summed E-state index contributed by atoms with van der Waals surface area (Å²) in [7, 11) is 0. The molecule has 0 unspecified atom stereocenters. The minimum Gasteiger partial charge on any atom is -0.481 e. The summed E-state index contributed by atoms with van der Waals surface area (Å²) in [5.74, 6) is -0.694. The van der Waals surface area contributed by atoms with Crippen LogP contribution in [0.25, 0.3) is 0 Å². The van der Waals surface area contributed by atoms with Gasteiger partial charge in [0, 0.05) is 6.42 Å². The van der Waals surface area contributed by atoms with Gasteiger partial charge in [0.05, 0.1) is 0 Å². The molecule has 0 fully saturated rings. The first-order valence-electron chi connectivity index (χ1n) is 8.52. The minimum atomic E-state index is -1.16. The van der Waals surface area contributed by atoms with E-state index in [0.717, 1.165) is 51.4 Å². The van der Waals surface area contributed by atoms with Crippen LogP contribution in [-0.4, -0.2) is 27.6 Å². The third kappa shape index (κ3) is 18.9. The number of carboxylic acids is 1. The van der Waals surface area contributed by atoms with E-state index in [4.69, 9.17) is 15.3 Å². The van der Waals surface area contributed by atoms with E-state index in [9.17, 15) is 4.79 Å². The zero-order chi connectivity index (χ0) is 16.5. The zero-order valence-corrected chi connectivity index (χ0v) is 13.6. The van der Waals surface area contributed by atoms with Crippen molar-refractivity contribution in [2.45, 2.75) is 83.3 Å². The topological polar surface area (TPSA) is 77.8 Å². The predicted octanol–water partition coefficient (Wildman–Crippen LogP) is 4.18. The molecule has 0 saturated carbocycles. The molecule has 0 rings (SSSR count). The lowest BCUT2D eigenvalue weighted by molar-refractivity contribution is -0.137. The van der Waals surface area contributed by atoms with Crippen molar-refractivity contribution in [2.24, 2.45) is 0 Å². The molecule has 0 aliphatic carbocycles. The summed E-state index contributed by atoms with van der Waals surface area (Å²) in [6.45, 7) is 0. The lowest BCUT2D eigenvalue weighted by Gasteiger charge is -2.01. The number of rotatable bonds is 15. The number of hydrogen-bond donors (Lipinski definition) is 3. The molecular formula is C18H32O4. The number of carboxylic acid groups (broad SMARTS) is 1. The van der Waals surface area contributed by atoms with Gasteiger partial charge < -0.3 is 15.3 Å². The van der Waals surface area contributed by atoms with Crippen molar-refractivity contribution in [3.63, 3.8) is 0 Å². The van der Waals surface area contributed by atoms with Gasteiger partial charge in [-0.2, -0.15) is 0 Å². The lowest BCUT2D eigenvalue weighted by atomic mass is 10.1. The molecular weight excluding hydrogens is 280 g/mol. The Bertz CT molecular complexity index is 308. The number of allylic oxidation sites excluding steroid dienone is 4. The third-order valence-corrected chi connectivity index (χ3v) is 3.48. The van der Waals surface area contributed by atoms with Crippen LogP contribution in [0.4, 0.5) is 0 Å². The summed E-state index contributed by atoms with van der Waals surface area (Å²) in [4.78, 5) is 10.3. The molecule has 0 aromatic carbocycles. The first kappa shape index (κ1) is 20.9. The Morgan fingerprint density at radius 3 is 1.82 bits per heavy atom. The van der Waals surface area contributed by atoms with Gasteiger partial charge in [-0.3, -0.25) is 4.79 Å². The summed E-state index contributed by atoms with van der Waals surface area (Å²) in [5.41, 5.74) is 0.